The smallest absolute Gasteiger partial charge is 0.144 e. The Morgan fingerprint density at radius 1 is 1.35 bits per heavy atom. The molecule has 1 heterocycles. The van der Waals surface area contributed by atoms with Gasteiger partial charge < -0.3 is 5.32 Å². The van der Waals surface area contributed by atoms with E-state index in [1.54, 1.807) is 6.07 Å². The average molecular weight is 351 g/mol. The SMILES string of the molecule is CCCNc1nc(-c2ccc(Br)cc2Cl)ccc1C#N. The highest BCUT2D eigenvalue weighted by Crippen LogP contribution is 2.30. The monoisotopic (exact) mass is 349 g/mol. The van der Waals surface area contributed by atoms with Gasteiger partial charge in [-0.05, 0) is 30.7 Å². The topological polar surface area (TPSA) is 48.7 Å². The molecular formula is C15H13BrClN3. The number of nitrogens with one attached hydrogen (secondary N) is 1. The molecule has 5 heteroatoms. The molecule has 2 rings (SSSR count). The average Bonchev–Trinajstić information content (AvgIpc) is 2.45. The molecule has 0 saturated heterocycles. The fourth-order valence-corrected chi connectivity index (χ4v) is 2.54. The number of pyridine rings is 1. The maximum Gasteiger partial charge on any atom is 0.144 e. The Balaban J connectivity index is 2.45. The summed E-state index contributed by atoms with van der Waals surface area (Å²) in [6, 6.07) is 11.4. The number of halogens is 2. The number of rotatable bonds is 4. The maximum absolute atomic E-state index is 9.11. The van der Waals surface area contributed by atoms with Gasteiger partial charge in [0.15, 0.2) is 0 Å². The Bertz CT molecular complexity index is 665. The van der Waals surface area contributed by atoms with Crippen LogP contribution < -0.4 is 5.32 Å². The Morgan fingerprint density at radius 3 is 2.80 bits per heavy atom. The van der Waals surface area contributed by atoms with Gasteiger partial charge in [0.2, 0.25) is 0 Å². The second-order valence-electron chi connectivity index (χ2n) is 4.26. The molecule has 102 valence electrons. The summed E-state index contributed by atoms with van der Waals surface area (Å²) in [6.07, 6.45) is 0.968. The first-order chi connectivity index (χ1) is 9.65. The third-order valence-corrected chi connectivity index (χ3v) is 3.57. The molecule has 0 fully saturated rings. The minimum atomic E-state index is 0.537. The number of anilines is 1. The van der Waals surface area contributed by atoms with Crippen LogP contribution >= 0.6 is 27.5 Å². The summed E-state index contributed by atoms with van der Waals surface area (Å²) in [6.45, 7) is 2.84. The largest absolute Gasteiger partial charge is 0.369 e. The van der Waals surface area contributed by atoms with Gasteiger partial charge in [0.1, 0.15) is 11.9 Å². The molecule has 0 bridgehead atoms. The number of nitriles is 1. The van der Waals surface area contributed by atoms with Crippen LogP contribution in [0.4, 0.5) is 5.82 Å². The summed E-state index contributed by atoms with van der Waals surface area (Å²) in [7, 11) is 0. The van der Waals surface area contributed by atoms with Crippen LogP contribution in [-0.2, 0) is 0 Å². The van der Waals surface area contributed by atoms with Crippen molar-refractivity contribution in [1.82, 2.24) is 4.98 Å². The molecule has 1 aromatic heterocycles. The summed E-state index contributed by atoms with van der Waals surface area (Å²) >= 11 is 9.62. The van der Waals surface area contributed by atoms with Gasteiger partial charge in [-0.25, -0.2) is 4.98 Å². The second kappa shape index (κ2) is 6.74. The van der Waals surface area contributed by atoms with Crippen LogP contribution in [0.3, 0.4) is 0 Å². The highest BCUT2D eigenvalue weighted by Gasteiger charge is 2.09. The van der Waals surface area contributed by atoms with Gasteiger partial charge in [0, 0.05) is 16.6 Å². The first-order valence-electron chi connectivity index (χ1n) is 6.26. The predicted molar refractivity (Wildman–Crippen MR) is 85.9 cm³/mol. The van der Waals surface area contributed by atoms with E-state index >= 15 is 0 Å². The molecule has 1 N–H and O–H groups in total. The van der Waals surface area contributed by atoms with E-state index in [1.165, 1.54) is 0 Å². The van der Waals surface area contributed by atoms with Crippen molar-refractivity contribution in [2.24, 2.45) is 0 Å². The minimum Gasteiger partial charge on any atom is -0.369 e. The Kier molecular flexibility index (Phi) is 4.99. The third kappa shape index (κ3) is 3.30. The summed E-state index contributed by atoms with van der Waals surface area (Å²) in [5, 5.41) is 12.9. The van der Waals surface area contributed by atoms with Crippen molar-refractivity contribution in [3.8, 4) is 17.3 Å². The van der Waals surface area contributed by atoms with Gasteiger partial charge in [-0.1, -0.05) is 40.5 Å². The standard InChI is InChI=1S/C15H13BrClN3/c1-2-7-19-15-10(9-18)3-6-14(20-15)12-5-4-11(16)8-13(12)17/h3-6,8H,2,7H2,1H3,(H,19,20). The molecule has 2 aromatic rings. The molecule has 0 saturated carbocycles. The normalized spacial score (nSPS) is 10.1. The highest BCUT2D eigenvalue weighted by molar-refractivity contribution is 9.10. The molecule has 0 atom stereocenters. The van der Waals surface area contributed by atoms with Crippen LogP contribution in [0.15, 0.2) is 34.8 Å². The number of nitrogens with zero attached hydrogens (tertiary/aromatic N) is 2. The van der Waals surface area contributed by atoms with Crippen LogP contribution in [0.25, 0.3) is 11.3 Å². The molecule has 0 radical (unpaired) electrons. The molecule has 20 heavy (non-hydrogen) atoms. The lowest BCUT2D eigenvalue weighted by atomic mass is 10.1. The fourth-order valence-electron chi connectivity index (χ4n) is 1.77. The van der Waals surface area contributed by atoms with E-state index in [2.05, 4.69) is 39.2 Å². The molecule has 0 aliphatic heterocycles. The summed E-state index contributed by atoms with van der Waals surface area (Å²) < 4.78 is 0.921. The van der Waals surface area contributed by atoms with Gasteiger partial charge in [0.05, 0.1) is 16.3 Å². The van der Waals surface area contributed by atoms with Gasteiger partial charge in [0.25, 0.3) is 0 Å². The Hall–Kier alpha value is -1.57. The first-order valence-corrected chi connectivity index (χ1v) is 7.43. The van der Waals surface area contributed by atoms with Gasteiger partial charge in [-0.15, -0.1) is 0 Å². The van der Waals surface area contributed by atoms with Crippen molar-refractivity contribution >= 4 is 33.3 Å². The lowest BCUT2D eigenvalue weighted by molar-refractivity contribution is 0.968. The van der Waals surface area contributed by atoms with Crippen molar-refractivity contribution in [1.29, 1.82) is 5.26 Å². The number of benzene rings is 1. The third-order valence-electron chi connectivity index (χ3n) is 2.77. The van der Waals surface area contributed by atoms with Gasteiger partial charge >= 0.3 is 0 Å². The zero-order chi connectivity index (χ0) is 14.5. The van der Waals surface area contributed by atoms with E-state index in [4.69, 9.17) is 16.9 Å². The summed E-state index contributed by atoms with van der Waals surface area (Å²) in [5.74, 6) is 0.603. The zero-order valence-electron chi connectivity index (χ0n) is 11.0. The first kappa shape index (κ1) is 14.8. The molecule has 0 aliphatic rings. The van der Waals surface area contributed by atoms with Crippen molar-refractivity contribution in [2.75, 3.05) is 11.9 Å². The van der Waals surface area contributed by atoms with E-state index in [0.717, 1.165) is 28.7 Å². The fraction of sp³-hybridized carbons (Fsp3) is 0.200. The maximum atomic E-state index is 9.11. The molecule has 0 unspecified atom stereocenters. The van der Waals surface area contributed by atoms with Crippen LogP contribution in [-0.4, -0.2) is 11.5 Å². The van der Waals surface area contributed by atoms with Gasteiger partial charge in [-0.2, -0.15) is 5.26 Å². The van der Waals surface area contributed by atoms with E-state index in [0.29, 0.717) is 16.4 Å². The molecule has 1 aromatic carbocycles. The highest BCUT2D eigenvalue weighted by atomic mass is 79.9. The molecular weight excluding hydrogens is 338 g/mol. The van der Waals surface area contributed by atoms with Crippen molar-refractivity contribution < 1.29 is 0 Å². The van der Waals surface area contributed by atoms with E-state index in [9.17, 15) is 0 Å². The molecule has 0 spiro atoms. The Labute approximate surface area is 131 Å². The zero-order valence-corrected chi connectivity index (χ0v) is 13.3. The van der Waals surface area contributed by atoms with Gasteiger partial charge in [-0.3, -0.25) is 0 Å². The van der Waals surface area contributed by atoms with Crippen LogP contribution in [0, 0.1) is 11.3 Å². The van der Waals surface area contributed by atoms with E-state index < -0.39 is 0 Å². The summed E-state index contributed by atoms with van der Waals surface area (Å²) in [5.41, 5.74) is 2.13. The lowest BCUT2D eigenvalue weighted by Gasteiger charge is -2.09. The second-order valence-corrected chi connectivity index (χ2v) is 5.58. The van der Waals surface area contributed by atoms with Crippen LogP contribution in [0.2, 0.25) is 5.02 Å². The van der Waals surface area contributed by atoms with Crippen LogP contribution in [0.5, 0.6) is 0 Å². The van der Waals surface area contributed by atoms with Crippen molar-refractivity contribution in [2.45, 2.75) is 13.3 Å². The molecule has 0 amide bonds. The quantitative estimate of drug-likeness (QED) is 0.856. The molecule has 3 nitrogen and oxygen atoms in total. The number of hydrogen-bond acceptors (Lipinski definition) is 3. The number of aromatic nitrogens is 1. The minimum absolute atomic E-state index is 0.537. The van der Waals surface area contributed by atoms with Crippen molar-refractivity contribution in [3.05, 3.63) is 45.4 Å². The lowest BCUT2D eigenvalue weighted by Crippen LogP contribution is -2.04. The number of hydrogen-bond donors (Lipinski definition) is 1. The summed E-state index contributed by atoms with van der Waals surface area (Å²) in [4.78, 5) is 4.51. The van der Waals surface area contributed by atoms with E-state index in [1.807, 2.05) is 24.3 Å². The molecule has 0 aliphatic carbocycles. The van der Waals surface area contributed by atoms with Crippen LogP contribution in [0.1, 0.15) is 18.9 Å². The van der Waals surface area contributed by atoms with E-state index in [-0.39, 0.29) is 0 Å². The predicted octanol–water partition coefficient (Wildman–Crippen LogP) is 4.86. The Morgan fingerprint density at radius 2 is 2.15 bits per heavy atom. The van der Waals surface area contributed by atoms with Crippen molar-refractivity contribution in [3.63, 3.8) is 0 Å².